The van der Waals surface area contributed by atoms with Crippen LogP contribution in [-0.2, 0) is 4.79 Å². The predicted molar refractivity (Wildman–Crippen MR) is 105 cm³/mol. The number of hydrazone groups is 1. The molecule has 0 unspecified atom stereocenters. The summed E-state index contributed by atoms with van der Waals surface area (Å²) in [5, 5.41) is 10.6. The molecule has 1 atom stereocenters. The summed E-state index contributed by atoms with van der Waals surface area (Å²) in [6.45, 7) is 2.06. The molecule has 0 radical (unpaired) electrons. The van der Waals surface area contributed by atoms with E-state index < -0.39 is 6.17 Å². The van der Waals surface area contributed by atoms with Crippen LogP contribution in [0.2, 0.25) is 0 Å². The van der Waals surface area contributed by atoms with Gasteiger partial charge in [-0.05, 0) is 12.5 Å². The van der Waals surface area contributed by atoms with E-state index in [2.05, 4.69) is 22.3 Å². The summed E-state index contributed by atoms with van der Waals surface area (Å²) in [6.07, 6.45) is 0.0518. The molecular weight excluding hydrogens is 360 g/mol. The Bertz CT molecular complexity index is 1050. The van der Waals surface area contributed by atoms with Crippen molar-refractivity contribution in [3.05, 3.63) is 70.7 Å². The summed E-state index contributed by atoms with van der Waals surface area (Å²) >= 11 is 1.46. The summed E-state index contributed by atoms with van der Waals surface area (Å²) in [5.74, 6) is 0.366. The van der Waals surface area contributed by atoms with E-state index >= 15 is 0 Å². The Morgan fingerprint density at radius 2 is 1.89 bits per heavy atom. The van der Waals surface area contributed by atoms with E-state index in [-0.39, 0.29) is 11.7 Å². The van der Waals surface area contributed by atoms with Gasteiger partial charge < -0.3 is 0 Å². The third kappa shape index (κ3) is 3.26. The highest BCUT2D eigenvalue weighted by Gasteiger charge is 2.37. The van der Waals surface area contributed by atoms with Crippen molar-refractivity contribution in [3.63, 3.8) is 0 Å². The number of nitrogens with zero attached hydrogens (tertiary/aromatic N) is 3. The van der Waals surface area contributed by atoms with Gasteiger partial charge >= 0.3 is 0 Å². The van der Waals surface area contributed by atoms with Crippen molar-refractivity contribution < 1.29 is 9.59 Å². The molecular formula is C20H18N4O2S. The van der Waals surface area contributed by atoms with Crippen molar-refractivity contribution in [2.45, 2.75) is 19.5 Å². The number of hydrogen-bond acceptors (Lipinski definition) is 6. The van der Waals surface area contributed by atoms with Crippen LogP contribution in [0.1, 0.15) is 23.7 Å². The van der Waals surface area contributed by atoms with Gasteiger partial charge in [-0.15, -0.1) is 5.10 Å². The van der Waals surface area contributed by atoms with Crippen molar-refractivity contribution in [2.24, 2.45) is 10.1 Å². The number of thioether (sulfide) groups is 1. The minimum absolute atomic E-state index is 0.194. The van der Waals surface area contributed by atoms with Gasteiger partial charge in [0.25, 0.3) is 5.91 Å². The summed E-state index contributed by atoms with van der Waals surface area (Å²) in [7, 11) is 0. The molecule has 2 heterocycles. The lowest BCUT2D eigenvalue weighted by atomic mass is 10.1. The molecule has 0 bridgehead atoms. The maximum absolute atomic E-state index is 13.1. The van der Waals surface area contributed by atoms with Crippen LogP contribution in [-0.4, -0.2) is 33.8 Å². The molecule has 7 heteroatoms. The van der Waals surface area contributed by atoms with Gasteiger partial charge in [-0.1, -0.05) is 67.2 Å². The molecule has 1 amide bonds. The number of ketones is 1. The standard InChI is InChI=1S/C20H18N4O2S/c1-2-12-27-20-22-19(26)16-14-10-6-7-11-15(14)21-18(24(16)23-20)17(25)13-8-4-3-5-9-13/h3-11,18H,2,12H2,1H3,(H,22,23,26)/t18-/m0/s1. The van der Waals surface area contributed by atoms with E-state index in [1.807, 2.05) is 42.5 Å². The molecule has 1 N–H and O–H groups in total. The van der Waals surface area contributed by atoms with Crippen molar-refractivity contribution in [3.8, 4) is 0 Å². The number of amidine groups is 1. The van der Waals surface area contributed by atoms with Crippen LogP contribution < -0.4 is 15.9 Å². The first-order chi connectivity index (χ1) is 13.2. The highest BCUT2D eigenvalue weighted by atomic mass is 32.2. The van der Waals surface area contributed by atoms with Crippen LogP contribution in [0.4, 0.5) is 0 Å². The summed E-state index contributed by atoms with van der Waals surface area (Å²) in [4.78, 5) is 30.6. The predicted octanol–water partition coefficient (Wildman–Crippen LogP) is 1.48. The summed E-state index contributed by atoms with van der Waals surface area (Å²) in [6, 6.07) is 16.3. The first kappa shape index (κ1) is 17.5. The second kappa shape index (κ2) is 7.36. The minimum Gasteiger partial charge on any atom is -0.298 e. The Morgan fingerprint density at radius 1 is 1.15 bits per heavy atom. The number of carbonyl (C=O) groups is 2. The van der Waals surface area contributed by atoms with Crippen molar-refractivity contribution in [1.82, 2.24) is 10.3 Å². The van der Waals surface area contributed by atoms with Gasteiger partial charge in [0.1, 0.15) is 5.70 Å². The quantitative estimate of drug-likeness (QED) is 0.818. The van der Waals surface area contributed by atoms with Crippen LogP contribution in [0.3, 0.4) is 0 Å². The first-order valence-electron chi connectivity index (χ1n) is 8.77. The fraction of sp³-hybridized carbons (Fsp3) is 0.200. The lowest BCUT2D eigenvalue weighted by Gasteiger charge is -2.33. The third-order valence-corrected chi connectivity index (χ3v) is 5.32. The summed E-state index contributed by atoms with van der Waals surface area (Å²) < 4.78 is 0. The molecule has 2 aliphatic rings. The van der Waals surface area contributed by atoms with Gasteiger partial charge in [0.05, 0.1) is 5.36 Å². The number of nitrogens with one attached hydrogen (secondary N) is 1. The SMILES string of the molecule is CCCSC1=NN2C(=c3ccccc3=N[C@@H]2C(=O)c2ccccc2)C(=O)N1. The van der Waals surface area contributed by atoms with Gasteiger partial charge in [-0.25, -0.2) is 10.0 Å². The molecule has 136 valence electrons. The Balaban J connectivity index is 1.86. The Morgan fingerprint density at radius 3 is 2.67 bits per heavy atom. The number of hydrogen-bond donors (Lipinski definition) is 1. The van der Waals surface area contributed by atoms with E-state index in [0.29, 0.717) is 27.0 Å². The zero-order chi connectivity index (χ0) is 18.8. The van der Waals surface area contributed by atoms with E-state index in [1.165, 1.54) is 16.8 Å². The van der Waals surface area contributed by atoms with Crippen LogP contribution in [0.5, 0.6) is 0 Å². The van der Waals surface area contributed by atoms with Crippen LogP contribution in [0.25, 0.3) is 5.70 Å². The number of carbonyl (C=O) groups excluding carboxylic acids is 2. The number of benzene rings is 2. The van der Waals surface area contributed by atoms with E-state index in [0.717, 1.165) is 12.2 Å². The Labute approximate surface area is 160 Å². The molecule has 2 aromatic rings. The largest absolute Gasteiger partial charge is 0.298 e. The Kier molecular flexibility index (Phi) is 4.77. The number of Topliss-reactive ketones (excluding diaryl/α,β-unsaturated/α-hetero) is 1. The number of para-hydroxylation sites is 1. The summed E-state index contributed by atoms with van der Waals surface area (Å²) in [5.41, 5.74) is 0.893. The van der Waals surface area contributed by atoms with E-state index in [4.69, 9.17) is 0 Å². The monoisotopic (exact) mass is 378 g/mol. The smallest absolute Gasteiger partial charge is 0.276 e. The normalized spacial score (nSPS) is 18.0. The lowest BCUT2D eigenvalue weighted by Crippen LogP contribution is -2.54. The average molecular weight is 378 g/mol. The Hall–Kier alpha value is -2.93. The molecule has 0 aromatic heterocycles. The highest BCUT2D eigenvalue weighted by molar-refractivity contribution is 8.13. The van der Waals surface area contributed by atoms with Crippen LogP contribution >= 0.6 is 11.8 Å². The van der Waals surface area contributed by atoms with Crippen molar-refractivity contribution in [1.29, 1.82) is 0 Å². The second-order valence-electron chi connectivity index (χ2n) is 6.15. The maximum atomic E-state index is 13.1. The molecule has 0 saturated heterocycles. The minimum atomic E-state index is -0.902. The van der Waals surface area contributed by atoms with Gasteiger partial charge in [-0.3, -0.25) is 14.9 Å². The molecule has 27 heavy (non-hydrogen) atoms. The van der Waals surface area contributed by atoms with E-state index in [1.54, 1.807) is 12.1 Å². The zero-order valence-electron chi connectivity index (χ0n) is 14.8. The topological polar surface area (TPSA) is 74.1 Å². The lowest BCUT2D eigenvalue weighted by molar-refractivity contribution is -0.115. The molecule has 2 aromatic carbocycles. The van der Waals surface area contributed by atoms with Gasteiger partial charge in [0, 0.05) is 16.5 Å². The maximum Gasteiger partial charge on any atom is 0.276 e. The molecule has 2 aliphatic heterocycles. The van der Waals surface area contributed by atoms with Crippen LogP contribution in [0, 0.1) is 0 Å². The number of fused-ring (bicyclic) bond motifs is 2. The first-order valence-corrected chi connectivity index (χ1v) is 9.76. The molecule has 0 saturated carbocycles. The van der Waals surface area contributed by atoms with E-state index in [9.17, 15) is 9.59 Å². The number of amides is 1. The molecule has 6 nitrogen and oxygen atoms in total. The van der Waals surface area contributed by atoms with Crippen molar-refractivity contribution in [2.75, 3.05) is 5.75 Å². The fourth-order valence-electron chi connectivity index (χ4n) is 3.01. The molecule has 4 rings (SSSR count). The molecule has 0 fully saturated rings. The van der Waals surface area contributed by atoms with Gasteiger partial charge in [0.2, 0.25) is 11.9 Å². The van der Waals surface area contributed by atoms with Gasteiger partial charge in [0.15, 0.2) is 5.17 Å². The third-order valence-electron chi connectivity index (χ3n) is 4.25. The number of rotatable bonds is 4. The fourth-order valence-corrected chi connectivity index (χ4v) is 3.72. The zero-order valence-corrected chi connectivity index (χ0v) is 15.6. The van der Waals surface area contributed by atoms with Crippen LogP contribution in [0.15, 0.2) is 64.7 Å². The molecule has 0 spiro atoms. The second-order valence-corrected chi connectivity index (χ2v) is 7.23. The average Bonchev–Trinajstić information content (AvgIpc) is 2.71. The van der Waals surface area contributed by atoms with Crippen molar-refractivity contribution >= 4 is 34.3 Å². The highest BCUT2D eigenvalue weighted by Crippen LogP contribution is 2.23. The molecule has 0 aliphatic carbocycles. The van der Waals surface area contributed by atoms with Gasteiger partial charge in [-0.2, -0.15) is 0 Å².